The molecule has 0 unspecified atom stereocenters. The topological polar surface area (TPSA) is 52.6 Å². The second-order valence-corrected chi connectivity index (χ2v) is 16.1. The van der Waals surface area contributed by atoms with Crippen molar-refractivity contribution in [3.05, 3.63) is 0 Å². The summed E-state index contributed by atoms with van der Waals surface area (Å²) in [6.45, 7) is 18.9. The molecule has 1 heterocycles. The molecule has 0 N–H and O–H groups in total. The molecule has 4 nitrogen and oxygen atoms in total. The molecule has 5 aliphatic carbocycles. The molecule has 6 fully saturated rings. The number of ether oxygens (including phenoxy) is 2. The number of carbonyl (C=O) groups excluding carboxylic acids is 2. The summed E-state index contributed by atoms with van der Waals surface area (Å²) in [5.74, 6) is 2.23. The second kappa shape index (κ2) is 7.32. The molecule has 5 saturated carbocycles. The van der Waals surface area contributed by atoms with Gasteiger partial charge in [-0.2, -0.15) is 0 Å². The van der Waals surface area contributed by atoms with Gasteiger partial charge in [-0.3, -0.25) is 9.59 Å². The van der Waals surface area contributed by atoms with Crippen LogP contribution in [0.2, 0.25) is 0 Å². The SMILES string of the molecule is CC(=O)O[C@H]1CC[C@]2(C)[C@H]3CC[C@@H]4[C@H]5[C@H]6OC(=O)[C@@]5(CCC6(C)C)CC[C@@]4(C)[C@]3(C)CC[C@H]2C1(C)C. The van der Waals surface area contributed by atoms with Gasteiger partial charge >= 0.3 is 11.9 Å². The Kier molecular flexibility index (Phi) is 5.13. The summed E-state index contributed by atoms with van der Waals surface area (Å²) in [6.07, 6.45) is 11.6. The average molecular weight is 499 g/mol. The summed E-state index contributed by atoms with van der Waals surface area (Å²) in [7, 11) is 0. The van der Waals surface area contributed by atoms with Crippen LogP contribution in [-0.2, 0) is 19.1 Å². The lowest BCUT2D eigenvalue weighted by atomic mass is 9.31. The van der Waals surface area contributed by atoms with Crippen LogP contribution in [0.3, 0.4) is 0 Å². The largest absolute Gasteiger partial charge is 0.462 e. The number of hydrogen-bond donors (Lipinski definition) is 0. The monoisotopic (exact) mass is 498 g/mol. The molecule has 0 spiro atoms. The van der Waals surface area contributed by atoms with Crippen molar-refractivity contribution in [2.24, 2.45) is 56.2 Å². The van der Waals surface area contributed by atoms with E-state index in [1.165, 1.54) is 32.1 Å². The normalized spacial score (nSPS) is 54.3. The van der Waals surface area contributed by atoms with Gasteiger partial charge in [0.1, 0.15) is 12.2 Å². The molecule has 2 bridgehead atoms. The van der Waals surface area contributed by atoms with Gasteiger partial charge in [0, 0.05) is 23.7 Å². The van der Waals surface area contributed by atoms with Crippen LogP contribution in [0.4, 0.5) is 0 Å². The molecule has 202 valence electrons. The molecular weight excluding hydrogens is 448 g/mol. The minimum Gasteiger partial charge on any atom is -0.462 e. The summed E-state index contributed by atoms with van der Waals surface area (Å²) in [5.41, 5.74) is 0.665. The van der Waals surface area contributed by atoms with Crippen LogP contribution in [0.5, 0.6) is 0 Å². The highest BCUT2D eigenvalue weighted by Gasteiger charge is 2.75. The molecule has 0 aromatic carbocycles. The van der Waals surface area contributed by atoms with E-state index in [2.05, 4.69) is 48.5 Å². The van der Waals surface area contributed by atoms with Crippen molar-refractivity contribution in [2.45, 2.75) is 132 Å². The minimum absolute atomic E-state index is 0.00113. The predicted molar refractivity (Wildman–Crippen MR) is 140 cm³/mol. The zero-order valence-electron chi connectivity index (χ0n) is 24.2. The summed E-state index contributed by atoms with van der Waals surface area (Å²) in [4.78, 5) is 25.3. The van der Waals surface area contributed by atoms with Gasteiger partial charge in [0.15, 0.2) is 0 Å². The van der Waals surface area contributed by atoms with Crippen LogP contribution < -0.4 is 0 Å². The summed E-state index contributed by atoms with van der Waals surface area (Å²) in [5, 5.41) is 0. The third-order valence-corrected chi connectivity index (χ3v) is 14.3. The van der Waals surface area contributed by atoms with Gasteiger partial charge in [0.2, 0.25) is 0 Å². The third kappa shape index (κ3) is 2.83. The Morgan fingerprint density at radius 2 is 1.50 bits per heavy atom. The van der Waals surface area contributed by atoms with E-state index in [-0.39, 0.29) is 56.6 Å². The number of hydrogen-bond acceptors (Lipinski definition) is 4. The Hall–Kier alpha value is -1.06. The van der Waals surface area contributed by atoms with E-state index in [9.17, 15) is 9.59 Å². The van der Waals surface area contributed by atoms with E-state index in [1.807, 2.05) is 0 Å². The molecule has 0 amide bonds. The molecule has 4 heteroatoms. The van der Waals surface area contributed by atoms with Gasteiger partial charge in [-0.05, 0) is 98.2 Å². The van der Waals surface area contributed by atoms with Crippen LogP contribution in [-0.4, -0.2) is 24.1 Å². The molecule has 0 radical (unpaired) electrons. The molecule has 6 rings (SSSR count). The lowest BCUT2D eigenvalue weighted by Crippen LogP contribution is -2.68. The first kappa shape index (κ1) is 25.2. The van der Waals surface area contributed by atoms with Crippen LogP contribution in [0.25, 0.3) is 0 Å². The van der Waals surface area contributed by atoms with Gasteiger partial charge in [-0.15, -0.1) is 0 Å². The van der Waals surface area contributed by atoms with E-state index >= 15 is 0 Å². The van der Waals surface area contributed by atoms with E-state index in [0.29, 0.717) is 23.7 Å². The van der Waals surface area contributed by atoms with E-state index in [0.717, 1.165) is 32.1 Å². The molecule has 10 atom stereocenters. The molecule has 0 aromatic heterocycles. The smallest absolute Gasteiger partial charge is 0.312 e. The van der Waals surface area contributed by atoms with E-state index < -0.39 is 0 Å². The zero-order chi connectivity index (χ0) is 26.1. The predicted octanol–water partition coefficient (Wildman–Crippen LogP) is 7.34. The Morgan fingerprint density at radius 3 is 2.19 bits per heavy atom. The average Bonchev–Trinajstić information content (AvgIpc) is 3.03. The molecule has 1 saturated heterocycles. The highest BCUT2D eigenvalue weighted by Crippen LogP contribution is 2.78. The van der Waals surface area contributed by atoms with Crippen LogP contribution in [0.1, 0.15) is 120 Å². The Labute approximate surface area is 219 Å². The first-order chi connectivity index (χ1) is 16.6. The second-order valence-electron chi connectivity index (χ2n) is 16.1. The minimum atomic E-state index is -0.210. The Morgan fingerprint density at radius 1 is 0.806 bits per heavy atom. The fraction of sp³-hybridized carbons (Fsp3) is 0.938. The van der Waals surface area contributed by atoms with Gasteiger partial charge in [0.25, 0.3) is 0 Å². The maximum Gasteiger partial charge on any atom is 0.312 e. The fourth-order valence-electron chi connectivity index (χ4n) is 12.2. The van der Waals surface area contributed by atoms with Gasteiger partial charge in [-0.1, -0.05) is 48.5 Å². The lowest BCUT2D eigenvalue weighted by Gasteiger charge is -2.73. The van der Waals surface area contributed by atoms with Gasteiger partial charge in [-0.25, -0.2) is 0 Å². The molecule has 1 aliphatic heterocycles. The van der Waals surface area contributed by atoms with E-state index in [1.54, 1.807) is 6.92 Å². The number of carbonyl (C=O) groups is 2. The maximum atomic E-state index is 13.4. The van der Waals surface area contributed by atoms with Gasteiger partial charge < -0.3 is 9.47 Å². The maximum absolute atomic E-state index is 13.4. The van der Waals surface area contributed by atoms with Crippen molar-refractivity contribution in [1.29, 1.82) is 0 Å². The van der Waals surface area contributed by atoms with Crippen molar-refractivity contribution < 1.29 is 19.1 Å². The number of fused-ring (bicyclic) bond motifs is 5. The zero-order valence-corrected chi connectivity index (χ0v) is 24.2. The number of rotatable bonds is 1. The first-order valence-electron chi connectivity index (χ1n) is 15.0. The molecular formula is C32H50O4. The number of esters is 2. The highest BCUT2D eigenvalue weighted by atomic mass is 16.6. The van der Waals surface area contributed by atoms with Crippen molar-refractivity contribution in [3.63, 3.8) is 0 Å². The van der Waals surface area contributed by atoms with E-state index in [4.69, 9.17) is 9.47 Å². The lowest BCUT2D eigenvalue weighted by molar-refractivity contribution is -0.254. The third-order valence-electron chi connectivity index (χ3n) is 14.3. The molecule has 36 heavy (non-hydrogen) atoms. The quantitative estimate of drug-likeness (QED) is 0.355. The summed E-state index contributed by atoms with van der Waals surface area (Å²) < 4.78 is 12.2. The summed E-state index contributed by atoms with van der Waals surface area (Å²) in [6, 6.07) is 0. The van der Waals surface area contributed by atoms with Crippen LogP contribution in [0.15, 0.2) is 0 Å². The highest BCUT2D eigenvalue weighted by molar-refractivity contribution is 5.81. The summed E-state index contributed by atoms with van der Waals surface area (Å²) >= 11 is 0. The van der Waals surface area contributed by atoms with Crippen molar-refractivity contribution in [2.75, 3.05) is 0 Å². The van der Waals surface area contributed by atoms with Crippen molar-refractivity contribution in [3.8, 4) is 0 Å². The van der Waals surface area contributed by atoms with Crippen molar-refractivity contribution in [1.82, 2.24) is 0 Å². The fourth-order valence-corrected chi connectivity index (χ4v) is 12.2. The Balaban J connectivity index is 1.36. The van der Waals surface area contributed by atoms with Crippen LogP contribution in [0, 0.1) is 56.2 Å². The van der Waals surface area contributed by atoms with Crippen LogP contribution >= 0.6 is 0 Å². The first-order valence-corrected chi connectivity index (χ1v) is 15.0. The Bertz CT molecular complexity index is 983. The molecule has 6 aliphatic rings. The standard InChI is InChI=1S/C32H50O4/c1-19(33)35-23-12-13-29(6)21(28(23,4)5)11-14-31(8)22(29)10-9-20-24-25-27(2,3)15-17-32(24,26(34)36-25)18-16-30(20,31)7/h20-25H,9-18H2,1-8H3/t20-,21+,22-,23+,24+,25-,29+,30-,31-,32+/m1/s1. The molecule has 0 aromatic rings. The van der Waals surface area contributed by atoms with Crippen molar-refractivity contribution >= 4 is 11.9 Å². The van der Waals surface area contributed by atoms with Gasteiger partial charge in [0.05, 0.1) is 5.41 Å².